The number of nitrogens with one attached hydrogen (secondary N) is 1. The molecule has 0 saturated heterocycles. The van der Waals surface area contributed by atoms with E-state index in [1.54, 1.807) is 18.3 Å². The van der Waals surface area contributed by atoms with Crippen molar-refractivity contribution in [1.82, 2.24) is 4.98 Å². The van der Waals surface area contributed by atoms with Gasteiger partial charge in [0.05, 0.1) is 5.97 Å². The van der Waals surface area contributed by atoms with Crippen LogP contribution >= 0.6 is 0 Å². The van der Waals surface area contributed by atoms with Crippen LogP contribution in [0.3, 0.4) is 0 Å². The molecule has 1 aliphatic rings. The first-order valence-electron chi connectivity index (χ1n) is 8.01. The van der Waals surface area contributed by atoms with E-state index in [0.29, 0.717) is 6.04 Å². The summed E-state index contributed by atoms with van der Waals surface area (Å²) < 4.78 is 0. The number of aromatic nitrogens is 1. The third-order valence-electron chi connectivity index (χ3n) is 4.70. The van der Waals surface area contributed by atoms with Gasteiger partial charge in [-0.25, -0.2) is 0 Å². The molecule has 3 aromatic rings. The molecule has 1 aliphatic carbocycles. The van der Waals surface area contributed by atoms with Gasteiger partial charge >= 0.3 is 29.6 Å². The molecule has 0 unspecified atom stereocenters. The Labute approximate surface area is 162 Å². The summed E-state index contributed by atoms with van der Waals surface area (Å²) in [6, 6.07) is 9.66. The van der Waals surface area contributed by atoms with Gasteiger partial charge in [-0.05, 0) is 47.4 Å². The summed E-state index contributed by atoms with van der Waals surface area (Å²) in [5, 5.41) is 18.8. The van der Waals surface area contributed by atoms with Crippen molar-refractivity contribution in [2.45, 2.75) is 31.7 Å². The summed E-state index contributed by atoms with van der Waals surface area (Å²) in [6.07, 6.45) is 8.53. The standard InChI is InChI=1S/C19H18N2O2.Na/c22-19(23)12-5-6-15-13(9-12)10-18(21-14-3-1-2-4-14)16-7-8-20-11-17(15)16;/h5-11,14,21H,1-4H2,(H,22,23);/q;+1/p-1. The summed E-state index contributed by atoms with van der Waals surface area (Å²) in [7, 11) is 0. The second kappa shape index (κ2) is 7.09. The van der Waals surface area contributed by atoms with Gasteiger partial charge in [-0.1, -0.05) is 25.0 Å². The zero-order valence-electron chi connectivity index (χ0n) is 13.7. The van der Waals surface area contributed by atoms with Gasteiger partial charge in [0.25, 0.3) is 0 Å². The van der Waals surface area contributed by atoms with Crippen molar-refractivity contribution in [2.24, 2.45) is 0 Å². The molecule has 1 heterocycles. The summed E-state index contributed by atoms with van der Waals surface area (Å²) in [6.45, 7) is 0. The van der Waals surface area contributed by atoms with Crippen LogP contribution in [0.2, 0.25) is 0 Å². The summed E-state index contributed by atoms with van der Waals surface area (Å²) in [5.74, 6) is -1.15. The molecule has 0 bridgehead atoms. The summed E-state index contributed by atoms with van der Waals surface area (Å²) in [5.41, 5.74) is 1.25. The molecule has 24 heavy (non-hydrogen) atoms. The predicted molar refractivity (Wildman–Crippen MR) is 89.5 cm³/mol. The molecule has 0 amide bonds. The van der Waals surface area contributed by atoms with E-state index in [-0.39, 0.29) is 35.1 Å². The maximum Gasteiger partial charge on any atom is 1.00 e. The molecule has 0 atom stereocenters. The Bertz CT molecular complexity index is 904. The summed E-state index contributed by atoms with van der Waals surface area (Å²) in [4.78, 5) is 15.4. The van der Waals surface area contributed by atoms with Crippen molar-refractivity contribution < 1.29 is 39.5 Å². The van der Waals surface area contributed by atoms with E-state index >= 15 is 0 Å². The Kier molecular flexibility index (Phi) is 5.09. The smallest absolute Gasteiger partial charge is 0.545 e. The minimum Gasteiger partial charge on any atom is -0.545 e. The van der Waals surface area contributed by atoms with E-state index in [1.807, 2.05) is 24.4 Å². The van der Waals surface area contributed by atoms with E-state index in [2.05, 4.69) is 10.3 Å². The number of benzene rings is 2. The van der Waals surface area contributed by atoms with Gasteiger partial charge in [-0.2, -0.15) is 0 Å². The van der Waals surface area contributed by atoms with Crippen LogP contribution in [0.4, 0.5) is 5.69 Å². The Hall–Kier alpha value is -1.62. The molecule has 5 heteroatoms. The number of carbonyl (C=O) groups is 1. The molecule has 4 nitrogen and oxygen atoms in total. The number of carboxylic acids is 1. The largest absolute Gasteiger partial charge is 1.00 e. The fourth-order valence-electron chi connectivity index (χ4n) is 3.54. The monoisotopic (exact) mass is 328 g/mol. The number of nitrogens with zero attached hydrogens (tertiary/aromatic N) is 1. The molecular formula is C19H17N2NaO2. The summed E-state index contributed by atoms with van der Waals surface area (Å²) >= 11 is 0. The number of carboxylic acid groups (broad SMARTS) is 1. The number of anilines is 1. The van der Waals surface area contributed by atoms with Gasteiger partial charge in [-0.15, -0.1) is 0 Å². The predicted octanol–water partition coefficient (Wildman–Crippen LogP) is 0.110. The third-order valence-corrected chi connectivity index (χ3v) is 4.70. The molecule has 0 radical (unpaired) electrons. The Balaban J connectivity index is 0.00000169. The van der Waals surface area contributed by atoms with Crippen molar-refractivity contribution >= 4 is 33.2 Å². The Morgan fingerprint density at radius 3 is 2.62 bits per heavy atom. The van der Waals surface area contributed by atoms with E-state index in [4.69, 9.17) is 0 Å². The van der Waals surface area contributed by atoms with Crippen molar-refractivity contribution in [3.8, 4) is 0 Å². The number of carbonyl (C=O) groups excluding carboxylic acids is 1. The number of fused-ring (bicyclic) bond motifs is 3. The molecule has 1 aromatic heterocycles. The maximum absolute atomic E-state index is 11.1. The van der Waals surface area contributed by atoms with Gasteiger partial charge in [0, 0.05) is 34.9 Å². The van der Waals surface area contributed by atoms with Gasteiger partial charge in [0.2, 0.25) is 0 Å². The van der Waals surface area contributed by atoms with Crippen LogP contribution in [-0.4, -0.2) is 17.0 Å². The second-order valence-electron chi connectivity index (χ2n) is 6.19. The second-order valence-corrected chi connectivity index (χ2v) is 6.19. The minimum absolute atomic E-state index is 0. The minimum atomic E-state index is -1.15. The van der Waals surface area contributed by atoms with Crippen LogP contribution < -0.4 is 40.0 Å². The van der Waals surface area contributed by atoms with Crippen molar-refractivity contribution in [1.29, 1.82) is 0 Å². The maximum atomic E-state index is 11.1. The van der Waals surface area contributed by atoms with Crippen LogP contribution in [0.1, 0.15) is 36.0 Å². The molecule has 0 aliphatic heterocycles. The van der Waals surface area contributed by atoms with Gasteiger partial charge < -0.3 is 15.2 Å². The van der Waals surface area contributed by atoms with E-state index in [1.165, 1.54) is 25.7 Å². The van der Waals surface area contributed by atoms with Crippen LogP contribution in [0.5, 0.6) is 0 Å². The zero-order valence-corrected chi connectivity index (χ0v) is 15.7. The average molecular weight is 328 g/mol. The first kappa shape index (κ1) is 17.2. The number of hydrogen-bond donors (Lipinski definition) is 1. The molecule has 116 valence electrons. The SMILES string of the molecule is O=C([O-])c1ccc2c(c1)cc(NC1CCCC1)c1ccncc12.[Na+]. The first-order chi connectivity index (χ1) is 11.2. The van der Waals surface area contributed by atoms with Crippen molar-refractivity contribution in [3.63, 3.8) is 0 Å². The van der Waals surface area contributed by atoms with E-state index < -0.39 is 5.97 Å². The van der Waals surface area contributed by atoms with Crippen molar-refractivity contribution in [2.75, 3.05) is 5.32 Å². The molecular weight excluding hydrogens is 311 g/mol. The van der Waals surface area contributed by atoms with Crippen LogP contribution in [0.25, 0.3) is 21.5 Å². The van der Waals surface area contributed by atoms with E-state index in [9.17, 15) is 9.90 Å². The zero-order chi connectivity index (χ0) is 15.8. The molecule has 0 spiro atoms. The number of pyridine rings is 1. The molecule has 2 aromatic carbocycles. The molecule has 1 fully saturated rings. The number of rotatable bonds is 3. The van der Waals surface area contributed by atoms with Crippen molar-refractivity contribution in [3.05, 3.63) is 48.3 Å². The number of aromatic carboxylic acids is 1. The van der Waals surface area contributed by atoms with Gasteiger partial charge in [0.15, 0.2) is 0 Å². The normalized spacial score (nSPS) is 14.7. The molecule has 1 N–H and O–H groups in total. The van der Waals surface area contributed by atoms with E-state index in [0.717, 1.165) is 27.2 Å². The van der Waals surface area contributed by atoms with Crippen LogP contribution in [-0.2, 0) is 0 Å². The topological polar surface area (TPSA) is 65.0 Å². The van der Waals surface area contributed by atoms with Crippen LogP contribution in [0, 0.1) is 0 Å². The fraction of sp³-hybridized carbons (Fsp3) is 0.263. The Morgan fingerprint density at radius 2 is 1.88 bits per heavy atom. The van der Waals surface area contributed by atoms with Gasteiger partial charge in [-0.3, -0.25) is 4.98 Å². The first-order valence-corrected chi connectivity index (χ1v) is 8.01. The fourth-order valence-corrected chi connectivity index (χ4v) is 3.54. The quantitative estimate of drug-likeness (QED) is 0.547. The van der Waals surface area contributed by atoms with Gasteiger partial charge in [0.1, 0.15) is 0 Å². The number of hydrogen-bond acceptors (Lipinski definition) is 4. The third kappa shape index (κ3) is 3.14. The Morgan fingerprint density at radius 1 is 1.08 bits per heavy atom. The average Bonchev–Trinajstić information content (AvgIpc) is 3.07. The molecule has 1 saturated carbocycles. The molecule has 4 rings (SSSR count). The van der Waals surface area contributed by atoms with Crippen LogP contribution in [0.15, 0.2) is 42.7 Å².